The number of nitrogen functional groups attached to an aromatic ring is 1. The first-order valence-corrected chi connectivity index (χ1v) is 7.40. The molecule has 2 aromatic carbocycles. The third-order valence-corrected chi connectivity index (χ3v) is 3.56. The van der Waals surface area contributed by atoms with E-state index in [1.54, 1.807) is 6.07 Å². The minimum atomic E-state index is -1.10. The zero-order valence-corrected chi connectivity index (χ0v) is 12.8. The highest BCUT2D eigenvalue weighted by molar-refractivity contribution is 5.87. The van der Waals surface area contributed by atoms with E-state index >= 15 is 0 Å². The summed E-state index contributed by atoms with van der Waals surface area (Å²) in [6, 6.07) is 20.5. The van der Waals surface area contributed by atoms with Crippen molar-refractivity contribution in [1.29, 1.82) is 0 Å². The minimum Gasteiger partial charge on any atom is -0.489 e. The van der Waals surface area contributed by atoms with E-state index in [-0.39, 0.29) is 11.5 Å². The molecular formula is C19H16N2O3. The molecule has 0 atom stereocenters. The number of ether oxygens (including phenoxy) is 1. The molecule has 1 heterocycles. The Morgan fingerprint density at radius 3 is 2.33 bits per heavy atom. The van der Waals surface area contributed by atoms with E-state index in [1.807, 2.05) is 54.6 Å². The van der Waals surface area contributed by atoms with Crippen LogP contribution in [0.4, 0.5) is 5.82 Å². The van der Waals surface area contributed by atoms with Gasteiger partial charge in [-0.1, -0.05) is 42.5 Å². The van der Waals surface area contributed by atoms with Gasteiger partial charge in [0.1, 0.15) is 18.2 Å². The van der Waals surface area contributed by atoms with Gasteiger partial charge in [0.15, 0.2) is 5.69 Å². The number of hydrogen-bond acceptors (Lipinski definition) is 4. The van der Waals surface area contributed by atoms with Crippen molar-refractivity contribution in [2.75, 3.05) is 5.73 Å². The number of aromatic carboxylic acids is 1. The predicted molar refractivity (Wildman–Crippen MR) is 91.8 cm³/mol. The molecule has 1 aromatic heterocycles. The van der Waals surface area contributed by atoms with Crippen molar-refractivity contribution in [1.82, 2.24) is 4.98 Å². The van der Waals surface area contributed by atoms with Gasteiger partial charge in [-0.25, -0.2) is 9.78 Å². The molecule has 0 saturated carbocycles. The Morgan fingerprint density at radius 2 is 1.71 bits per heavy atom. The summed E-state index contributed by atoms with van der Waals surface area (Å²) in [6.07, 6.45) is 0. The van der Waals surface area contributed by atoms with E-state index < -0.39 is 5.97 Å². The molecule has 3 N–H and O–H groups in total. The number of aromatic nitrogens is 1. The Kier molecular flexibility index (Phi) is 4.43. The molecule has 3 rings (SSSR count). The van der Waals surface area contributed by atoms with Crippen LogP contribution in [0.1, 0.15) is 16.1 Å². The second kappa shape index (κ2) is 6.83. The number of pyridine rings is 1. The summed E-state index contributed by atoms with van der Waals surface area (Å²) in [4.78, 5) is 14.8. The molecule has 0 radical (unpaired) electrons. The second-order valence-electron chi connectivity index (χ2n) is 5.23. The number of rotatable bonds is 5. The van der Waals surface area contributed by atoms with Gasteiger partial charge in [-0.15, -0.1) is 0 Å². The molecule has 5 heteroatoms. The summed E-state index contributed by atoms with van der Waals surface area (Å²) in [7, 11) is 0. The number of nitrogens with zero attached hydrogens (tertiary/aromatic N) is 1. The van der Waals surface area contributed by atoms with Crippen molar-refractivity contribution in [2.24, 2.45) is 0 Å². The van der Waals surface area contributed by atoms with Gasteiger partial charge in [0.2, 0.25) is 0 Å². The highest BCUT2D eigenvalue weighted by atomic mass is 16.5. The number of nitrogens with two attached hydrogens (primary N) is 1. The monoisotopic (exact) mass is 320 g/mol. The lowest BCUT2D eigenvalue weighted by Gasteiger charge is -2.09. The van der Waals surface area contributed by atoms with Gasteiger partial charge in [-0.05, 0) is 35.4 Å². The van der Waals surface area contributed by atoms with Crippen molar-refractivity contribution in [3.8, 4) is 16.9 Å². The molecule has 5 nitrogen and oxygen atoms in total. The quantitative estimate of drug-likeness (QED) is 0.750. The molecule has 24 heavy (non-hydrogen) atoms. The first-order valence-electron chi connectivity index (χ1n) is 7.40. The maximum Gasteiger partial charge on any atom is 0.354 e. The zero-order valence-electron chi connectivity index (χ0n) is 12.8. The fourth-order valence-electron chi connectivity index (χ4n) is 2.31. The van der Waals surface area contributed by atoms with E-state index in [0.29, 0.717) is 12.2 Å². The van der Waals surface area contributed by atoms with Crippen molar-refractivity contribution < 1.29 is 14.6 Å². The molecular weight excluding hydrogens is 304 g/mol. The third-order valence-electron chi connectivity index (χ3n) is 3.56. The average Bonchev–Trinajstić information content (AvgIpc) is 2.61. The van der Waals surface area contributed by atoms with Crippen molar-refractivity contribution >= 4 is 11.8 Å². The van der Waals surface area contributed by atoms with E-state index in [4.69, 9.17) is 15.6 Å². The van der Waals surface area contributed by atoms with Gasteiger partial charge in [-0.3, -0.25) is 0 Å². The lowest BCUT2D eigenvalue weighted by atomic mass is 10.1. The lowest BCUT2D eigenvalue weighted by Crippen LogP contribution is -2.04. The van der Waals surface area contributed by atoms with Crippen LogP contribution >= 0.6 is 0 Å². The van der Waals surface area contributed by atoms with Gasteiger partial charge in [0.25, 0.3) is 0 Å². The normalized spacial score (nSPS) is 10.3. The van der Waals surface area contributed by atoms with E-state index in [1.165, 1.54) is 6.07 Å². The standard InChI is InChI=1S/C19H16N2O3/c20-18-16(10-11-17(21-18)19(22)23)14-6-8-15(9-7-14)24-12-13-4-2-1-3-5-13/h1-11H,12H2,(H2,20,21)(H,22,23). The van der Waals surface area contributed by atoms with Crippen LogP contribution in [0.15, 0.2) is 66.7 Å². The second-order valence-corrected chi connectivity index (χ2v) is 5.23. The SMILES string of the molecule is Nc1nc(C(=O)O)ccc1-c1ccc(OCc2ccccc2)cc1. The molecule has 120 valence electrons. The molecule has 0 spiro atoms. The molecule has 0 bridgehead atoms. The van der Waals surface area contributed by atoms with Gasteiger partial charge in [0, 0.05) is 5.56 Å². The molecule has 0 aliphatic rings. The fourth-order valence-corrected chi connectivity index (χ4v) is 2.31. The van der Waals surface area contributed by atoms with Crippen molar-refractivity contribution in [2.45, 2.75) is 6.61 Å². The topological polar surface area (TPSA) is 85.4 Å². The minimum absolute atomic E-state index is 0.0703. The summed E-state index contributed by atoms with van der Waals surface area (Å²) in [5, 5.41) is 8.93. The Morgan fingerprint density at radius 1 is 1.00 bits per heavy atom. The number of hydrogen-bond donors (Lipinski definition) is 2. The van der Waals surface area contributed by atoms with E-state index in [0.717, 1.165) is 16.9 Å². The van der Waals surface area contributed by atoms with Crippen LogP contribution in [0.25, 0.3) is 11.1 Å². The molecule has 0 unspecified atom stereocenters. The van der Waals surface area contributed by atoms with Crippen LogP contribution in [0.5, 0.6) is 5.75 Å². The Hall–Kier alpha value is -3.34. The lowest BCUT2D eigenvalue weighted by molar-refractivity contribution is 0.0690. The first kappa shape index (κ1) is 15.6. The van der Waals surface area contributed by atoms with Crippen LogP contribution in [-0.2, 0) is 6.61 Å². The average molecular weight is 320 g/mol. The number of carboxylic acid groups (broad SMARTS) is 1. The smallest absolute Gasteiger partial charge is 0.354 e. The number of carbonyl (C=O) groups is 1. The van der Waals surface area contributed by atoms with Crippen LogP contribution in [0.2, 0.25) is 0 Å². The highest BCUT2D eigenvalue weighted by Gasteiger charge is 2.09. The van der Waals surface area contributed by atoms with Gasteiger partial charge >= 0.3 is 5.97 Å². The molecule has 0 saturated heterocycles. The summed E-state index contributed by atoms with van der Waals surface area (Å²) >= 11 is 0. The zero-order chi connectivity index (χ0) is 16.9. The van der Waals surface area contributed by atoms with Crippen molar-refractivity contribution in [3.63, 3.8) is 0 Å². The van der Waals surface area contributed by atoms with E-state index in [9.17, 15) is 4.79 Å². The van der Waals surface area contributed by atoms with Crippen LogP contribution in [0.3, 0.4) is 0 Å². The molecule has 0 fully saturated rings. The number of anilines is 1. The predicted octanol–water partition coefficient (Wildman–Crippen LogP) is 3.61. The summed E-state index contributed by atoms with van der Waals surface area (Å²) < 4.78 is 5.74. The summed E-state index contributed by atoms with van der Waals surface area (Å²) in [5.41, 5.74) is 8.42. The largest absolute Gasteiger partial charge is 0.489 e. The van der Waals surface area contributed by atoms with Gasteiger partial charge < -0.3 is 15.6 Å². The molecule has 3 aromatic rings. The highest BCUT2D eigenvalue weighted by Crippen LogP contribution is 2.27. The molecule has 0 aliphatic carbocycles. The Balaban J connectivity index is 1.73. The van der Waals surface area contributed by atoms with Crippen LogP contribution in [0, 0.1) is 0 Å². The maximum atomic E-state index is 10.9. The summed E-state index contributed by atoms with van der Waals surface area (Å²) in [6.45, 7) is 0.497. The van der Waals surface area contributed by atoms with Crippen LogP contribution in [-0.4, -0.2) is 16.1 Å². The molecule has 0 amide bonds. The Bertz CT molecular complexity index is 846. The number of benzene rings is 2. The first-order chi connectivity index (χ1) is 11.6. The number of carboxylic acids is 1. The van der Waals surface area contributed by atoms with Crippen molar-refractivity contribution in [3.05, 3.63) is 78.0 Å². The third kappa shape index (κ3) is 3.52. The fraction of sp³-hybridized carbons (Fsp3) is 0.0526. The molecule has 0 aliphatic heterocycles. The van der Waals surface area contributed by atoms with E-state index in [2.05, 4.69) is 4.98 Å². The van der Waals surface area contributed by atoms with Crippen LogP contribution < -0.4 is 10.5 Å². The maximum absolute atomic E-state index is 10.9. The summed E-state index contributed by atoms with van der Waals surface area (Å²) in [5.74, 6) is -0.165. The van der Waals surface area contributed by atoms with Gasteiger partial charge in [-0.2, -0.15) is 0 Å². The van der Waals surface area contributed by atoms with Gasteiger partial charge in [0.05, 0.1) is 0 Å². The Labute approximate surface area is 139 Å².